The van der Waals surface area contributed by atoms with Crippen molar-refractivity contribution in [2.45, 2.75) is 84.2 Å². The highest BCUT2D eigenvalue weighted by atomic mass is 16.3. The maximum absolute atomic E-state index is 10.5. The molecule has 0 aromatic carbocycles. The maximum atomic E-state index is 10.5. The minimum Gasteiger partial charge on any atom is -0.393 e. The molecule has 0 radical (unpaired) electrons. The van der Waals surface area contributed by atoms with Crippen LogP contribution in [0.5, 0.6) is 0 Å². The number of hydrogen-bond donors (Lipinski definition) is 1. The Morgan fingerprint density at radius 2 is 1.55 bits per heavy atom. The summed E-state index contributed by atoms with van der Waals surface area (Å²) in [6.45, 7) is 5.14. The third-order valence-corrected chi connectivity index (χ3v) is 8.40. The monoisotopic (exact) mass is 276 g/mol. The van der Waals surface area contributed by atoms with Crippen LogP contribution in [0.1, 0.15) is 78.1 Å². The fourth-order valence-corrected chi connectivity index (χ4v) is 7.37. The van der Waals surface area contributed by atoms with E-state index in [-0.39, 0.29) is 6.10 Å². The topological polar surface area (TPSA) is 20.2 Å². The van der Waals surface area contributed by atoms with Crippen molar-refractivity contribution in [3.8, 4) is 0 Å². The second kappa shape index (κ2) is 4.48. The molecule has 7 atom stereocenters. The lowest BCUT2D eigenvalue weighted by Crippen LogP contribution is -2.54. The van der Waals surface area contributed by atoms with E-state index in [4.69, 9.17) is 0 Å². The molecule has 1 nitrogen and oxygen atoms in total. The molecule has 0 bridgehead atoms. The fraction of sp³-hybridized carbons (Fsp3) is 1.00. The zero-order valence-corrected chi connectivity index (χ0v) is 13.4. The van der Waals surface area contributed by atoms with E-state index in [1.165, 1.54) is 57.8 Å². The summed E-state index contributed by atoms with van der Waals surface area (Å²) in [6, 6.07) is 0. The van der Waals surface area contributed by atoms with E-state index >= 15 is 0 Å². The maximum Gasteiger partial charge on any atom is 0.0573 e. The summed E-state index contributed by atoms with van der Waals surface area (Å²) in [5.74, 6) is 3.54. The number of hydrogen-bond acceptors (Lipinski definition) is 1. The van der Waals surface area contributed by atoms with Gasteiger partial charge >= 0.3 is 0 Å². The largest absolute Gasteiger partial charge is 0.393 e. The number of rotatable bonds is 0. The Morgan fingerprint density at radius 1 is 0.750 bits per heavy atom. The normalized spacial score (nSPS) is 58.6. The van der Waals surface area contributed by atoms with E-state index in [1.54, 1.807) is 0 Å². The number of aliphatic hydroxyl groups is 1. The van der Waals surface area contributed by atoms with Crippen LogP contribution in [-0.4, -0.2) is 11.2 Å². The van der Waals surface area contributed by atoms with Gasteiger partial charge in [-0.1, -0.05) is 26.7 Å². The van der Waals surface area contributed by atoms with Crippen molar-refractivity contribution in [3.63, 3.8) is 0 Å². The minimum atomic E-state index is 0.00610. The molecule has 0 aromatic rings. The molecule has 0 aromatic heterocycles. The average molecular weight is 276 g/mol. The minimum absolute atomic E-state index is 0.00610. The van der Waals surface area contributed by atoms with E-state index in [9.17, 15) is 5.11 Å². The molecule has 4 aliphatic carbocycles. The Bertz CT molecular complexity index is 391. The molecule has 0 heterocycles. The highest BCUT2D eigenvalue weighted by Crippen LogP contribution is 2.66. The predicted molar refractivity (Wildman–Crippen MR) is 82.4 cm³/mol. The SMILES string of the molecule is C[C@]12CCC[C@@H]1[C@@H]1CC[C@H]3[C@H](O)CCC[C@]3(C)[C@@H]1CC2. The van der Waals surface area contributed by atoms with Crippen molar-refractivity contribution < 1.29 is 5.11 Å². The van der Waals surface area contributed by atoms with E-state index in [1.807, 2.05) is 0 Å². The van der Waals surface area contributed by atoms with Gasteiger partial charge in [0.05, 0.1) is 6.10 Å². The van der Waals surface area contributed by atoms with Crippen molar-refractivity contribution in [3.05, 3.63) is 0 Å². The average Bonchev–Trinajstić information content (AvgIpc) is 2.80. The highest BCUT2D eigenvalue weighted by Gasteiger charge is 2.58. The first-order valence-corrected chi connectivity index (χ1v) is 9.23. The zero-order chi connectivity index (χ0) is 14.0. The lowest BCUT2D eigenvalue weighted by molar-refractivity contribution is -0.139. The smallest absolute Gasteiger partial charge is 0.0573 e. The van der Waals surface area contributed by atoms with Crippen LogP contribution in [0.15, 0.2) is 0 Å². The second-order valence-corrected chi connectivity index (χ2v) is 9.11. The molecule has 0 amide bonds. The molecule has 114 valence electrons. The van der Waals surface area contributed by atoms with E-state index in [0.29, 0.717) is 16.7 Å². The van der Waals surface area contributed by atoms with Gasteiger partial charge in [-0.05, 0) is 85.9 Å². The van der Waals surface area contributed by atoms with Crippen LogP contribution >= 0.6 is 0 Å². The van der Waals surface area contributed by atoms with Gasteiger partial charge in [0.1, 0.15) is 0 Å². The fourth-order valence-electron chi connectivity index (χ4n) is 7.37. The standard InChI is InChI=1S/C19H32O/c1-18-10-3-5-14(18)13-7-8-16-17(20)6-4-11-19(16,2)15(13)9-12-18/h13-17,20H,3-12H2,1-2H3/t13-,14+,15+,16-,17+,18+,19+/m0/s1. The third-order valence-electron chi connectivity index (χ3n) is 8.40. The summed E-state index contributed by atoms with van der Waals surface area (Å²) in [4.78, 5) is 0. The molecule has 1 heteroatoms. The van der Waals surface area contributed by atoms with Crippen LogP contribution in [0.4, 0.5) is 0 Å². The molecular weight excluding hydrogens is 244 g/mol. The van der Waals surface area contributed by atoms with Gasteiger partial charge < -0.3 is 5.11 Å². The van der Waals surface area contributed by atoms with Crippen molar-refractivity contribution in [2.75, 3.05) is 0 Å². The van der Waals surface area contributed by atoms with Gasteiger partial charge in [0.2, 0.25) is 0 Å². The van der Waals surface area contributed by atoms with Gasteiger partial charge in [-0.3, -0.25) is 0 Å². The molecule has 4 rings (SSSR count). The Hall–Kier alpha value is -0.0400. The van der Waals surface area contributed by atoms with Gasteiger partial charge in [0, 0.05) is 0 Å². The molecule has 0 saturated heterocycles. The Labute approximate surface area is 124 Å². The Kier molecular flexibility index (Phi) is 3.05. The van der Waals surface area contributed by atoms with Crippen molar-refractivity contribution in [1.82, 2.24) is 0 Å². The van der Waals surface area contributed by atoms with Crippen LogP contribution in [0.3, 0.4) is 0 Å². The molecule has 20 heavy (non-hydrogen) atoms. The van der Waals surface area contributed by atoms with E-state index < -0.39 is 0 Å². The lowest BCUT2D eigenvalue weighted by Gasteiger charge is -2.60. The summed E-state index contributed by atoms with van der Waals surface area (Å²) < 4.78 is 0. The van der Waals surface area contributed by atoms with Gasteiger partial charge in [0.25, 0.3) is 0 Å². The van der Waals surface area contributed by atoms with Crippen LogP contribution in [-0.2, 0) is 0 Å². The first kappa shape index (κ1) is 13.6. The van der Waals surface area contributed by atoms with Crippen LogP contribution < -0.4 is 0 Å². The quantitative estimate of drug-likeness (QED) is 0.675. The number of fused-ring (bicyclic) bond motifs is 5. The summed E-state index contributed by atoms with van der Waals surface area (Å²) in [5, 5.41) is 10.5. The highest BCUT2D eigenvalue weighted by molar-refractivity contribution is 5.07. The van der Waals surface area contributed by atoms with Crippen molar-refractivity contribution >= 4 is 0 Å². The van der Waals surface area contributed by atoms with E-state index in [0.717, 1.165) is 24.2 Å². The molecule has 1 N–H and O–H groups in total. The van der Waals surface area contributed by atoms with E-state index in [2.05, 4.69) is 13.8 Å². The second-order valence-electron chi connectivity index (χ2n) is 9.11. The molecule has 0 spiro atoms. The summed E-state index contributed by atoms with van der Waals surface area (Å²) in [6.07, 6.45) is 13.9. The zero-order valence-electron chi connectivity index (χ0n) is 13.4. The predicted octanol–water partition coefficient (Wildman–Crippen LogP) is 4.78. The molecule has 4 saturated carbocycles. The van der Waals surface area contributed by atoms with Crippen LogP contribution in [0.2, 0.25) is 0 Å². The molecule has 4 aliphatic rings. The van der Waals surface area contributed by atoms with Gasteiger partial charge in [-0.25, -0.2) is 0 Å². The third kappa shape index (κ3) is 1.71. The summed E-state index contributed by atoms with van der Waals surface area (Å²) in [7, 11) is 0. The molecule has 0 aliphatic heterocycles. The van der Waals surface area contributed by atoms with Gasteiger partial charge in [-0.15, -0.1) is 0 Å². The molecular formula is C19H32O. The summed E-state index contributed by atoms with van der Waals surface area (Å²) in [5.41, 5.74) is 1.14. The lowest BCUT2D eigenvalue weighted by atomic mass is 9.45. The van der Waals surface area contributed by atoms with Gasteiger partial charge in [0.15, 0.2) is 0 Å². The first-order chi connectivity index (χ1) is 9.55. The number of aliphatic hydroxyl groups excluding tert-OH is 1. The summed E-state index contributed by atoms with van der Waals surface area (Å²) >= 11 is 0. The molecule has 0 unspecified atom stereocenters. The van der Waals surface area contributed by atoms with Crippen LogP contribution in [0, 0.1) is 34.5 Å². The van der Waals surface area contributed by atoms with Gasteiger partial charge in [-0.2, -0.15) is 0 Å². The Morgan fingerprint density at radius 3 is 2.40 bits per heavy atom. The first-order valence-electron chi connectivity index (χ1n) is 9.23. The molecule has 4 fully saturated rings. The van der Waals surface area contributed by atoms with Crippen LogP contribution in [0.25, 0.3) is 0 Å². The van der Waals surface area contributed by atoms with Crippen molar-refractivity contribution in [1.29, 1.82) is 0 Å². The van der Waals surface area contributed by atoms with Crippen molar-refractivity contribution in [2.24, 2.45) is 34.5 Å². The Balaban J connectivity index is 1.65.